The van der Waals surface area contributed by atoms with Gasteiger partial charge in [0.2, 0.25) is 11.0 Å². The zero-order valence-electron chi connectivity index (χ0n) is 13.0. The highest BCUT2D eigenvalue weighted by atomic mass is 32.1. The van der Waals surface area contributed by atoms with Crippen LogP contribution < -0.4 is 5.32 Å². The molecule has 2 N–H and O–H groups in total. The standard InChI is InChI=1S/C14H16N6OS3/c1-2-3-6-11-16-18-13(24-11)15-10(21)8-20-12(17-19-14(20)22)9-5-4-7-23-9/h4-5,7H,2-3,6,8H2,1H3,(H,19,22)(H,15,18,21). The van der Waals surface area contributed by atoms with Crippen molar-refractivity contribution in [3.05, 3.63) is 27.3 Å². The molecule has 0 spiro atoms. The van der Waals surface area contributed by atoms with E-state index in [1.165, 1.54) is 11.3 Å². The van der Waals surface area contributed by atoms with Gasteiger partial charge in [-0.15, -0.1) is 21.5 Å². The van der Waals surface area contributed by atoms with Gasteiger partial charge in [0.1, 0.15) is 11.6 Å². The molecule has 0 fully saturated rings. The van der Waals surface area contributed by atoms with Crippen molar-refractivity contribution in [3.63, 3.8) is 0 Å². The zero-order valence-corrected chi connectivity index (χ0v) is 15.4. The third-order valence-corrected chi connectivity index (χ3v) is 5.33. The molecule has 3 aromatic heterocycles. The van der Waals surface area contributed by atoms with E-state index in [1.54, 1.807) is 15.9 Å². The summed E-state index contributed by atoms with van der Waals surface area (Å²) in [4.78, 5) is 13.3. The second-order valence-corrected chi connectivity index (χ2v) is 7.46. The molecule has 7 nitrogen and oxygen atoms in total. The molecule has 0 radical (unpaired) electrons. The summed E-state index contributed by atoms with van der Waals surface area (Å²) in [6.45, 7) is 2.20. The van der Waals surface area contributed by atoms with Gasteiger partial charge in [0.05, 0.1) is 4.88 Å². The fourth-order valence-corrected chi connectivity index (χ4v) is 3.81. The first-order valence-electron chi connectivity index (χ1n) is 7.48. The van der Waals surface area contributed by atoms with E-state index in [0.717, 1.165) is 29.1 Å². The molecule has 3 rings (SSSR count). The molecule has 0 aliphatic carbocycles. The Balaban J connectivity index is 1.68. The third-order valence-electron chi connectivity index (χ3n) is 3.26. The summed E-state index contributed by atoms with van der Waals surface area (Å²) in [5, 5.41) is 21.2. The fraction of sp³-hybridized carbons (Fsp3) is 0.357. The van der Waals surface area contributed by atoms with E-state index < -0.39 is 0 Å². The number of aromatic nitrogens is 5. The second-order valence-electron chi connectivity index (χ2n) is 5.07. The van der Waals surface area contributed by atoms with Crippen LogP contribution in [0.1, 0.15) is 24.8 Å². The average molecular weight is 381 g/mol. The predicted octanol–water partition coefficient (Wildman–Crippen LogP) is 3.50. The van der Waals surface area contributed by atoms with Gasteiger partial charge in [-0.2, -0.15) is 5.10 Å². The Kier molecular flexibility index (Phi) is 5.48. The van der Waals surface area contributed by atoms with E-state index in [4.69, 9.17) is 12.2 Å². The molecule has 10 heteroatoms. The smallest absolute Gasteiger partial charge is 0.246 e. The van der Waals surface area contributed by atoms with E-state index in [2.05, 4.69) is 32.6 Å². The molecule has 126 valence electrons. The van der Waals surface area contributed by atoms with E-state index in [9.17, 15) is 4.79 Å². The minimum Gasteiger partial charge on any atom is -0.299 e. The van der Waals surface area contributed by atoms with Gasteiger partial charge in [0.25, 0.3) is 0 Å². The first kappa shape index (κ1) is 16.9. The van der Waals surface area contributed by atoms with Crippen LogP contribution in [0.2, 0.25) is 0 Å². The number of unbranched alkanes of at least 4 members (excludes halogenated alkanes) is 1. The maximum atomic E-state index is 12.3. The number of thiophene rings is 1. The molecule has 0 bridgehead atoms. The van der Waals surface area contributed by atoms with Crippen molar-refractivity contribution in [1.82, 2.24) is 25.0 Å². The molecule has 3 aromatic rings. The summed E-state index contributed by atoms with van der Waals surface area (Å²) < 4.78 is 2.09. The fourth-order valence-electron chi connectivity index (χ4n) is 2.09. The lowest BCUT2D eigenvalue weighted by Gasteiger charge is -2.05. The van der Waals surface area contributed by atoms with Crippen molar-refractivity contribution in [2.24, 2.45) is 0 Å². The van der Waals surface area contributed by atoms with E-state index in [0.29, 0.717) is 15.7 Å². The Morgan fingerprint density at radius 1 is 1.46 bits per heavy atom. The lowest BCUT2D eigenvalue weighted by molar-refractivity contribution is -0.116. The topological polar surface area (TPSA) is 88.5 Å². The van der Waals surface area contributed by atoms with Crippen molar-refractivity contribution in [2.75, 3.05) is 5.32 Å². The van der Waals surface area contributed by atoms with Crippen molar-refractivity contribution >= 4 is 45.9 Å². The lowest BCUT2D eigenvalue weighted by atomic mass is 10.3. The van der Waals surface area contributed by atoms with Crippen LogP contribution in [-0.4, -0.2) is 30.9 Å². The zero-order chi connectivity index (χ0) is 16.9. The van der Waals surface area contributed by atoms with Gasteiger partial charge in [-0.1, -0.05) is 30.7 Å². The second kappa shape index (κ2) is 7.77. The monoisotopic (exact) mass is 380 g/mol. The Bertz CT molecular complexity index is 863. The molecule has 0 saturated carbocycles. The van der Waals surface area contributed by atoms with E-state index >= 15 is 0 Å². The summed E-state index contributed by atoms with van der Waals surface area (Å²) in [5.74, 6) is 0.453. The molecule has 0 atom stereocenters. The molecule has 0 aliphatic heterocycles. The number of nitrogens with one attached hydrogen (secondary N) is 2. The number of nitrogens with zero attached hydrogens (tertiary/aromatic N) is 4. The molecule has 0 unspecified atom stereocenters. The molecule has 3 heterocycles. The van der Waals surface area contributed by atoms with Crippen LogP contribution in [0.25, 0.3) is 10.7 Å². The minimum absolute atomic E-state index is 0.0758. The van der Waals surface area contributed by atoms with Crippen molar-refractivity contribution in [3.8, 4) is 10.7 Å². The summed E-state index contributed by atoms with van der Waals surface area (Å²) in [6.07, 6.45) is 3.06. The summed E-state index contributed by atoms with van der Waals surface area (Å²) in [6, 6.07) is 3.87. The van der Waals surface area contributed by atoms with Crippen molar-refractivity contribution in [2.45, 2.75) is 32.7 Å². The van der Waals surface area contributed by atoms with Crippen molar-refractivity contribution < 1.29 is 4.79 Å². The van der Waals surface area contributed by atoms with Gasteiger partial charge >= 0.3 is 0 Å². The summed E-state index contributed by atoms with van der Waals surface area (Å²) in [5.41, 5.74) is 0. The molecule has 0 saturated heterocycles. The van der Waals surface area contributed by atoms with Crippen LogP contribution in [0, 0.1) is 4.77 Å². The normalized spacial score (nSPS) is 10.9. The van der Waals surface area contributed by atoms with E-state index in [-0.39, 0.29) is 12.5 Å². The highest BCUT2D eigenvalue weighted by Crippen LogP contribution is 2.23. The molecular weight excluding hydrogens is 364 g/mol. The Morgan fingerprint density at radius 2 is 2.33 bits per heavy atom. The molecular formula is C14H16N6OS3. The average Bonchev–Trinajstić information content (AvgIpc) is 3.28. The number of aryl methyl sites for hydroxylation is 1. The molecule has 24 heavy (non-hydrogen) atoms. The van der Waals surface area contributed by atoms with Gasteiger partial charge in [-0.25, -0.2) is 0 Å². The van der Waals surface area contributed by atoms with E-state index in [1.807, 2.05) is 17.5 Å². The highest BCUT2D eigenvalue weighted by molar-refractivity contribution is 7.71. The van der Waals surface area contributed by atoms with Gasteiger partial charge in [-0.3, -0.25) is 19.8 Å². The quantitative estimate of drug-likeness (QED) is 0.613. The molecule has 0 aliphatic rings. The van der Waals surface area contributed by atoms with Gasteiger partial charge in [0, 0.05) is 6.42 Å². The van der Waals surface area contributed by atoms with Crippen LogP contribution in [0.4, 0.5) is 5.13 Å². The first-order chi connectivity index (χ1) is 11.7. The van der Waals surface area contributed by atoms with Gasteiger partial charge in [-0.05, 0) is 30.1 Å². The summed E-state index contributed by atoms with van der Waals surface area (Å²) in [7, 11) is 0. The number of carbonyl (C=O) groups is 1. The first-order valence-corrected chi connectivity index (χ1v) is 9.59. The van der Waals surface area contributed by atoms with Gasteiger partial charge < -0.3 is 0 Å². The number of rotatable bonds is 7. The maximum absolute atomic E-state index is 12.3. The number of anilines is 1. The number of H-pyrrole nitrogens is 1. The van der Waals surface area contributed by atoms with Gasteiger partial charge in [0.15, 0.2) is 10.6 Å². The number of hydrogen-bond donors (Lipinski definition) is 2. The number of carbonyl (C=O) groups excluding carboxylic acids is 1. The molecule has 1 amide bonds. The van der Waals surface area contributed by atoms with Crippen LogP contribution in [0.3, 0.4) is 0 Å². The Hall–Kier alpha value is -1.91. The van der Waals surface area contributed by atoms with Crippen LogP contribution in [0.5, 0.6) is 0 Å². The highest BCUT2D eigenvalue weighted by Gasteiger charge is 2.14. The number of hydrogen-bond acceptors (Lipinski definition) is 7. The minimum atomic E-state index is -0.205. The number of amides is 1. The molecule has 0 aromatic carbocycles. The van der Waals surface area contributed by atoms with Crippen LogP contribution >= 0.6 is 34.9 Å². The largest absolute Gasteiger partial charge is 0.299 e. The van der Waals surface area contributed by atoms with Crippen LogP contribution in [-0.2, 0) is 17.8 Å². The Morgan fingerprint density at radius 3 is 3.08 bits per heavy atom. The van der Waals surface area contributed by atoms with Crippen LogP contribution in [0.15, 0.2) is 17.5 Å². The SMILES string of the molecule is CCCCc1nnc(NC(=O)Cn2c(-c3cccs3)n[nH]c2=S)s1. The number of aromatic amines is 1. The third kappa shape index (κ3) is 3.94. The lowest BCUT2D eigenvalue weighted by Crippen LogP contribution is -2.19. The predicted molar refractivity (Wildman–Crippen MR) is 97.9 cm³/mol. The maximum Gasteiger partial charge on any atom is 0.246 e. The van der Waals surface area contributed by atoms with Crippen molar-refractivity contribution in [1.29, 1.82) is 0 Å². The Labute approximate surface area is 151 Å². The summed E-state index contributed by atoms with van der Waals surface area (Å²) >= 11 is 8.18.